The van der Waals surface area contributed by atoms with Crippen LogP contribution in [0.1, 0.15) is 85.6 Å². The molecule has 1 aromatic carbocycles. The van der Waals surface area contributed by atoms with Crippen molar-refractivity contribution in [1.82, 2.24) is 14.5 Å². The van der Waals surface area contributed by atoms with E-state index in [4.69, 9.17) is 23.8 Å². The maximum atomic E-state index is 14.6. The molecule has 2 saturated heterocycles. The van der Waals surface area contributed by atoms with Gasteiger partial charge in [-0.15, -0.1) is 0 Å². The average Bonchev–Trinajstić information content (AvgIpc) is 3.83. The lowest BCUT2D eigenvalue weighted by Gasteiger charge is -2.36. The molecule has 6 rings (SSSR count). The number of pyridine rings is 1. The van der Waals surface area contributed by atoms with Crippen LogP contribution in [-0.4, -0.2) is 90.9 Å². The maximum absolute atomic E-state index is 14.6. The summed E-state index contributed by atoms with van der Waals surface area (Å²) in [5.41, 5.74) is 2.43. The number of fused-ring (bicyclic) bond motifs is 1. The van der Waals surface area contributed by atoms with Crippen LogP contribution >= 0.6 is 0 Å². The number of rotatable bonds is 11. The summed E-state index contributed by atoms with van der Waals surface area (Å²) in [5.74, 6) is -0.416. The minimum atomic E-state index is -4.52. The second-order valence-electron chi connectivity index (χ2n) is 16.3. The fourth-order valence-corrected chi connectivity index (χ4v) is 7.27. The van der Waals surface area contributed by atoms with Crippen molar-refractivity contribution < 1.29 is 36.7 Å². The lowest BCUT2D eigenvalue weighted by atomic mass is 9.77. The highest BCUT2D eigenvalue weighted by Crippen LogP contribution is 2.43. The molecule has 1 atom stereocenters. The molecule has 13 heteroatoms. The standard InChI is InChI=1S/C38H52BF3N4O5/c1-24(48-9)33-30(19-28(21-43-33)45-16-14-44(15-17-45)27-11-12-27)34-31(20-35(3,4)23-49-25(2)47)29-18-26(39-50-36(5,6)37(7,8)51-39)10-13-32(29)46(34)22-38(40,41)42/h10,13,18-19,21,24,27H,11-12,14-17,20,22-23H2,1-9H3/t24-/m0/s1. The minimum Gasteiger partial charge on any atom is -0.465 e. The highest BCUT2D eigenvalue weighted by molar-refractivity contribution is 6.62. The topological polar surface area (TPSA) is 78.3 Å². The molecule has 0 amide bonds. The summed E-state index contributed by atoms with van der Waals surface area (Å²) < 4.78 is 69.3. The van der Waals surface area contributed by atoms with Crippen molar-refractivity contribution in [2.75, 3.05) is 44.8 Å². The predicted octanol–water partition coefficient (Wildman–Crippen LogP) is 6.69. The molecule has 0 bridgehead atoms. The van der Waals surface area contributed by atoms with E-state index < -0.39 is 48.5 Å². The van der Waals surface area contributed by atoms with Gasteiger partial charge in [0, 0.05) is 68.1 Å². The summed E-state index contributed by atoms with van der Waals surface area (Å²) in [7, 11) is 0.867. The number of hydrogen-bond acceptors (Lipinski definition) is 8. The Hall–Kier alpha value is -3.13. The lowest BCUT2D eigenvalue weighted by Crippen LogP contribution is -2.47. The summed E-state index contributed by atoms with van der Waals surface area (Å²) in [4.78, 5) is 21.6. The Labute approximate surface area is 299 Å². The number of halogens is 3. The van der Waals surface area contributed by atoms with Gasteiger partial charge in [0.2, 0.25) is 0 Å². The van der Waals surface area contributed by atoms with Crippen LogP contribution in [0.2, 0.25) is 0 Å². The molecule has 51 heavy (non-hydrogen) atoms. The van der Waals surface area contributed by atoms with E-state index in [1.54, 1.807) is 19.2 Å². The molecule has 4 heterocycles. The largest absolute Gasteiger partial charge is 0.494 e. The maximum Gasteiger partial charge on any atom is 0.494 e. The Balaban J connectivity index is 1.56. The number of carbonyl (C=O) groups is 1. The molecule has 0 radical (unpaired) electrons. The molecule has 278 valence electrons. The first-order valence-electron chi connectivity index (χ1n) is 18.0. The number of benzene rings is 1. The van der Waals surface area contributed by atoms with Gasteiger partial charge in [0.25, 0.3) is 0 Å². The van der Waals surface area contributed by atoms with Gasteiger partial charge in [-0.3, -0.25) is 14.7 Å². The minimum absolute atomic E-state index is 0.0928. The number of nitrogens with zero attached hydrogens (tertiary/aromatic N) is 4. The van der Waals surface area contributed by atoms with Gasteiger partial charge in [-0.1, -0.05) is 26.0 Å². The molecule has 3 aromatic rings. The van der Waals surface area contributed by atoms with Crippen LogP contribution in [0.25, 0.3) is 22.2 Å². The zero-order valence-corrected chi connectivity index (χ0v) is 31.4. The Kier molecular flexibility index (Phi) is 10.1. The summed E-state index contributed by atoms with van der Waals surface area (Å²) in [6, 6.07) is 8.09. The van der Waals surface area contributed by atoms with E-state index in [0.29, 0.717) is 51.3 Å². The van der Waals surface area contributed by atoms with Gasteiger partial charge < -0.3 is 28.2 Å². The number of methoxy groups -OCH3 is 1. The number of ether oxygens (including phenoxy) is 2. The van der Waals surface area contributed by atoms with Gasteiger partial charge in [-0.05, 0) is 77.0 Å². The van der Waals surface area contributed by atoms with Crippen LogP contribution in [0.15, 0.2) is 30.5 Å². The van der Waals surface area contributed by atoms with E-state index in [0.717, 1.165) is 31.9 Å². The molecule has 0 spiro atoms. The van der Waals surface area contributed by atoms with Gasteiger partial charge in [0.15, 0.2) is 0 Å². The fourth-order valence-electron chi connectivity index (χ4n) is 7.27. The molecular formula is C38H52BF3N4O5. The summed E-state index contributed by atoms with van der Waals surface area (Å²) in [6.45, 7) is 17.4. The third-order valence-electron chi connectivity index (χ3n) is 11.0. The molecule has 2 aliphatic heterocycles. The number of hydrogen-bond donors (Lipinski definition) is 0. The Morgan fingerprint density at radius 2 is 1.71 bits per heavy atom. The van der Waals surface area contributed by atoms with Crippen molar-refractivity contribution in [3.63, 3.8) is 0 Å². The predicted molar refractivity (Wildman–Crippen MR) is 193 cm³/mol. The number of carbonyl (C=O) groups excluding carboxylic acids is 1. The lowest BCUT2D eigenvalue weighted by molar-refractivity contribution is -0.144. The van der Waals surface area contributed by atoms with Crippen LogP contribution in [0.3, 0.4) is 0 Å². The van der Waals surface area contributed by atoms with E-state index in [1.807, 2.05) is 66.8 Å². The molecule has 9 nitrogen and oxygen atoms in total. The highest BCUT2D eigenvalue weighted by atomic mass is 19.4. The van der Waals surface area contributed by atoms with Crippen LogP contribution in [0, 0.1) is 5.41 Å². The average molecular weight is 713 g/mol. The van der Waals surface area contributed by atoms with Gasteiger partial charge >= 0.3 is 19.3 Å². The van der Waals surface area contributed by atoms with Crippen LogP contribution in [-0.2, 0) is 36.5 Å². The quantitative estimate of drug-likeness (QED) is 0.161. The number of esters is 1. The summed E-state index contributed by atoms with van der Waals surface area (Å²) >= 11 is 0. The summed E-state index contributed by atoms with van der Waals surface area (Å²) in [5, 5.41) is 0.650. The van der Waals surface area contributed by atoms with Crippen molar-refractivity contribution in [2.24, 2.45) is 5.41 Å². The SMILES string of the molecule is CO[C@@H](C)c1ncc(N2CCN(C3CC3)CC2)cc1-c1c(CC(C)(C)COC(C)=O)c2cc(B3OC(C)(C)C(C)(C)O3)ccc2n1CC(F)(F)F. The van der Waals surface area contributed by atoms with Gasteiger partial charge in [-0.25, -0.2) is 0 Å². The van der Waals surface area contributed by atoms with Gasteiger partial charge in [-0.2, -0.15) is 13.2 Å². The molecule has 3 fully saturated rings. The van der Waals surface area contributed by atoms with E-state index in [-0.39, 0.29) is 6.61 Å². The number of anilines is 1. The molecule has 1 aliphatic carbocycles. The fraction of sp³-hybridized carbons (Fsp3) is 0.632. The first-order chi connectivity index (χ1) is 23.8. The van der Waals surface area contributed by atoms with Crippen molar-refractivity contribution in [3.05, 3.63) is 41.7 Å². The summed E-state index contributed by atoms with van der Waals surface area (Å²) in [6.07, 6.45) is -0.404. The highest BCUT2D eigenvalue weighted by Gasteiger charge is 2.52. The van der Waals surface area contributed by atoms with Crippen LogP contribution in [0.4, 0.5) is 18.9 Å². The Morgan fingerprint density at radius 1 is 1.06 bits per heavy atom. The monoisotopic (exact) mass is 712 g/mol. The first kappa shape index (κ1) is 37.6. The number of piperazine rings is 1. The number of aromatic nitrogens is 2. The molecule has 1 saturated carbocycles. The second-order valence-corrected chi connectivity index (χ2v) is 16.3. The van der Waals surface area contributed by atoms with Gasteiger partial charge in [0.1, 0.15) is 6.54 Å². The molecule has 0 unspecified atom stereocenters. The van der Waals surface area contributed by atoms with Crippen molar-refractivity contribution >= 4 is 35.1 Å². The normalized spacial score (nSPS) is 20.3. The van der Waals surface area contributed by atoms with Crippen molar-refractivity contribution in [3.8, 4) is 11.3 Å². The zero-order valence-electron chi connectivity index (χ0n) is 31.4. The molecule has 2 aromatic heterocycles. The third kappa shape index (κ3) is 7.96. The molecule has 0 N–H and O–H groups in total. The van der Waals surface area contributed by atoms with Crippen molar-refractivity contribution in [1.29, 1.82) is 0 Å². The second kappa shape index (κ2) is 13.7. The Morgan fingerprint density at radius 3 is 2.27 bits per heavy atom. The van der Waals surface area contributed by atoms with Crippen LogP contribution < -0.4 is 10.4 Å². The molecular weight excluding hydrogens is 660 g/mol. The Bertz CT molecular complexity index is 1750. The molecule has 3 aliphatic rings. The first-order valence-corrected chi connectivity index (χ1v) is 18.0. The number of alkyl halides is 3. The van der Waals surface area contributed by atoms with E-state index in [2.05, 4.69) is 9.80 Å². The van der Waals surface area contributed by atoms with E-state index in [1.165, 1.54) is 24.3 Å². The van der Waals surface area contributed by atoms with Gasteiger partial charge in [0.05, 0.1) is 47.2 Å². The smallest absolute Gasteiger partial charge is 0.465 e. The third-order valence-corrected chi connectivity index (χ3v) is 11.0. The van der Waals surface area contributed by atoms with E-state index >= 15 is 0 Å². The van der Waals surface area contributed by atoms with Crippen LogP contribution in [0.5, 0.6) is 0 Å². The zero-order chi connectivity index (χ0) is 37.1. The van der Waals surface area contributed by atoms with E-state index in [9.17, 15) is 18.0 Å². The van der Waals surface area contributed by atoms with Crippen molar-refractivity contribution in [2.45, 2.75) is 111 Å².